The van der Waals surface area contributed by atoms with Crippen molar-refractivity contribution in [3.63, 3.8) is 0 Å². The van der Waals surface area contributed by atoms with E-state index in [4.69, 9.17) is 16.3 Å². The third-order valence-electron chi connectivity index (χ3n) is 4.10. The summed E-state index contributed by atoms with van der Waals surface area (Å²) in [6.07, 6.45) is 5.37. The first-order valence-corrected chi connectivity index (χ1v) is 9.91. The Morgan fingerprint density at radius 1 is 1.25 bits per heavy atom. The zero-order valence-electron chi connectivity index (χ0n) is 18.1. The molecular weight excluding hydrogens is 379 g/mol. The molecule has 0 fully saturated rings. The van der Waals surface area contributed by atoms with Crippen LogP contribution in [0.3, 0.4) is 0 Å². The lowest BCUT2D eigenvalue weighted by Gasteiger charge is -2.15. The molecular formula is C22H34ClFN2O2. The molecule has 1 atom stereocenters. The molecule has 2 N–H and O–H groups in total. The SMILES string of the molecule is C=C(O)/C=C\C(=C/C(C)C(C)C)O/C(C)=C(CC)/C(F)=N\C(NCC)=C(/C)Cl. The predicted octanol–water partition coefficient (Wildman–Crippen LogP) is 6.90. The van der Waals surface area contributed by atoms with Crippen LogP contribution in [0.25, 0.3) is 0 Å². The van der Waals surface area contributed by atoms with Crippen LogP contribution in [0, 0.1) is 11.8 Å². The Balaban J connectivity index is 5.95. The monoisotopic (exact) mass is 412 g/mol. The Hall–Kier alpha value is -2.01. The number of nitrogens with zero attached hydrogens (tertiary/aromatic N) is 1. The Labute approximate surface area is 174 Å². The second kappa shape index (κ2) is 13.2. The van der Waals surface area contributed by atoms with Crippen LogP contribution >= 0.6 is 11.6 Å². The Morgan fingerprint density at radius 3 is 2.29 bits per heavy atom. The first-order chi connectivity index (χ1) is 13.0. The molecule has 0 saturated heterocycles. The molecule has 0 aromatic rings. The second-order valence-corrected chi connectivity index (χ2v) is 7.37. The van der Waals surface area contributed by atoms with Crippen LogP contribution in [0.15, 0.2) is 63.5 Å². The third-order valence-corrected chi connectivity index (χ3v) is 4.28. The molecule has 0 aromatic heterocycles. The van der Waals surface area contributed by atoms with Crippen LogP contribution in [0.2, 0.25) is 0 Å². The standard InChI is InChI=1S/C22H34ClFN2O2/c1-9-20(21(24)26-22(17(7)23)25-10-2)18(8)28-19(12-11-16(6)27)13-15(5)14(3)4/h11-15,25,27H,6,9-10H2,1-5,7-8H3/b12-11-,19-13+,20-18+,22-17+,26-21+. The average Bonchev–Trinajstić information content (AvgIpc) is 2.59. The molecule has 4 nitrogen and oxygen atoms in total. The van der Waals surface area contributed by atoms with Crippen molar-refractivity contribution in [1.29, 1.82) is 0 Å². The molecule has 0 rings (SSSR count). The third kappa shape index (κ3) is 9.79. The maximum absolute atomic E-state index is 14.8. The summed E-state index contributed by atoms with van der Waals surface area (Å²) in [6.45, 7) is 17.3. The van der Waals surface area contributed by atoms with Gasteiger partial charge in [-0.25, -0.2) is 4.99 Å². The van der Waals surface area contributed by atoms with Gasteiger partial charge in [-0.05, 0) is 57.3 Å². The van der Waals surface area contributed by atoms with Gasteiger partial charge in [-0.1, -0.05) is 45.9 Å². The van der Waals surface area contributed by atoms with E-state index in [1.807, 2.05) is 19.9 Å². The molecule has 1 unspecified atom stereocenters. The topological polar surface area (TPSA) is 53.9 Å². The molecule has 0 saturated carbocycles. The van der Waals surface area contributed by atoms with Gasteiger partial charge in [0.25, 0.3) is 0 Å². The highest BCUT2D eigenvalue weighted by Gasteiger charge is 2.14. The number of nitrogens with one attached hydrogen (secondary N) is 1. The van der Waals surface area contributed by atoms with Crippen LogP contribution in [-0.2, 0) is 4.74 Å². The highest BCUT2D eigenvalue weighted by Crippen LogP contribution is 2.22. The van der Waals surface area contributed by atoms with E-state index in [0.717, 1.165) is 0 Å². The van der Waals surface area contributed by atoms with Gasteiger partial charge in [0.2, 0.25) is 5.97 Å². The highest BCUT2D eigenvalue weighted by atomic mass is 35.5. The molecule has 0 heterocycles. The molecule has 0 radical (unpaired) electrons. The fourth-order valence-electron chi connectivity index (χ4n) is 2.10. The van der Waals surface area contributed by atoms with Crippen molar-refractivity contribution in [1.82, 2.24) is 5.32 Å². The molecule has 158 valence electrons. The predicted molar refractivity (Wildman–Crippen MR) is 118 cm³/mol. The Bertz CT molecular complexity index is 685. The normalized spacial score (nSPS) is 16.1. The summed E-state index contributed by atoms with van der Waals surface area (Å²) in [5.41, 5.74) is 0.340. The van der Waals surface area contributed by atoms with Crippen molar-refractivity contribution in [2.24, 2.45) is 16.8 Å². The van der Waals surface area contributed by atoms with Gasteiger partial charge in [0.15, 0.2) is 0 Å². The van der Waals surface area contributed by atoms with Gasteiger partial charge in [0.1, 0.15) is 23.1 Å². The summed E-state index contributed by atoms with van der Waals surface area (Å²) in [4.78, 5) is 3.99. The van der Waals surface area contributed by atoms with Gasteiger partial charge in [0, 0.05) is 12.1 Å². The van der Waals surface area contributed by atoms with Crippen molar-refractivity contribution in [2.75, 3.05) is 6.54 Å². The fraction of sp³-hybridized carbons (Fsp3) is 0.500. The lowest BCUT2D eigenvalue weighted by atomic mass is 9.97. The number of aliphatic hydroxyl groups is 1. The van der Waals surface area contributed by atoms with Crippen molar-refractivity contribution >= 4 is 17.6 Å². The summed E-state index contributed by atoms with van der Waals surface area (Å²) in [7, 11) is 0. The van der Waals surface area contributed by atoms with Crippen molar-refractivity contribution < 1.29 is 14.2 Å². The van der Waals surface area contributed by atoms with Gasteiger partial charge < -0.3 is 15.2 Å². The van der Waals surface area contributed by atoms with E-state index >= 15 is 0 Å². The van der Waals surface area contributed by atoms with E-state index in [2.05, 4.69) is 37.7 Å². The largest absolute Gasteiger partial charge is 0.509 e. The quantitative estimate of drug-likeness (QED) is 0.220. The number of hydrogen-bond donors (Lipinski definition) is 2. The van der Waals surface area contributed by atoms with E-state index < -0.39 is 5.97 Å². The van der Waals surface area contributed by atoms with Crippen LogP contribution in [0.4, 0.5) is 4.39 Å². The smallest absolute Gasteiger partial charge is 0.221 e. The van der Waals surface area contributed by atoms with E-state index in [1.165, 1.54) is 6.08 Å². The van der Waals surface area contributed by atoms with E-state index in [9.17, 15) is 9.50 Å². The molecule has 0 aliphatic heterocycles. The number of aliphatic hydroxyl groups excluding tert-OH is 1. The molecule has 0 spiro atoms. The van der Waals surface area contributed by atoms with E-state index in [0.29, 0.717) is 46.8 Å². The number of rotatable bonds is 11. The zero-order valence-corrected chi connectivity index (χ0v) is 18.8. The molecule has 0 aromatic carbocycles. The maximum Gasteiger partial charge on any atom is 0.221 e. The Kier molecular flexibility index (Phi) is 12.3. The summed E-state index contributed by atoms with van der Waals surface area (Å²) < 4.78 is 20.7. The number of allylic oxidation sites excluding steroid dienone is 6. The minimum atomic E-state index is -0.650. The summed E-state index contributed by atoms with van der Waals surface area (Å²) in [6, 6.07) is 0. The fourth-order valence-corrected chi connectivity index (χ4v) is 2.21. The minimum absolute atomic E-state index is 0.0882. The molecule has 0 aliphatic carbocycles. The molecule has 28 heavy (non-hydrogen) atoms. The lowest BCUT2D eigenvalue weighted by molar-refractivity contribution is 0.309. The second-order valence-electron chi connectivity index (χ2n) is 6.80. The number of ether oxygens (including phenoxy) is 1. The number of aliphatic imine (C=N–C) groups is 1. The highest BCUT2D eigenvalue weighted by molar-refractivity contribution is 6.29. The molecule has 0 bridgehead atoms. The minimum Gasteiger partial charge on any atom is -0.509 e. The first kappa shape index (κ1) is 26.0. The van der Waals surface area contributed by atoms with Crippen molar-refractivity contribution in [2.45, 2.75) is 54.9 Å². The van der Waals surface area contributed by atoms with Gasteiger partial charge in [-0.2, -0.15) is 4.39 Å². The first-order valence-electron chi connectivity index (χ1n) is 9.53. The zero-order chi connectivity index (χ0) is 21.9. The maximum atomic E-state index is 14.8. The average molecular weight is 413 g/mol. The Morgan fingerprint density at radius 2 is 1.86 bits per heavy atom. The molecule has 0 amide bonds. The van der Waals surface area contributed by atoms with Crippen molar-refractivity contribution in [3.05, 3.63) is 58.5 Å². The van der Waals surface area contributed by atoms with Gasteiger partial charge in [-0.15, -0.1) is 0 Å². The molecule has 6 heteroatoms. The summed E-state index contributed by atoms with van der Waals surface area (Å²) >= 11 is 5.98. The van der Waals surface area contributed by atoms with Gasteiger partial charge in [-0.3, -0.25) is 0 Å². The molecule has 0 aliphatic rings. The van der Waals surface area contributed by atoms with Crippen LogP contribution < -0.4 is 5.32 Å². The number of halogens is 2. The summed E-state index contributed by atoms with van der Waals surface area (Å²) in [5.74, 6) is 1.08. The van der Waals surface area contributed by atoms with Crippen LogP contribution in [-0.4, -0.2) is 17.6 Å². The van der Waals surface area contributed by atoms with Crippen molar-refractivity contribution in [3.8, 4) is 0 Å². The van der Waals surface area contributed by atoms with E-state index in [-0.39, 0.29) is 11.7 Å². The van der Waals surface area contributed by atoms with Gasteiger partial charge >= 0.3 is 0 Å². The van der Waals surface area contributed by atoms with Gasteiger partial charge in [0.05, 0.1) is 5.03 Å². The summed E-state index contributed by atoms with van der Waals surface area (Å²) in [5, 5.41) is 12.7. The van der Waals surface area contributed by atoms with Crippen LogP contribution in [0.1, 0.15) is 54.9 Å². The van der Waals surface area contributed by atoms with E-state index in [1.54, 1.807) is 19.9 Å². The lowest BCUT2D eigenvalue weighted by Crippen LogP contribution is -2.13. The number of hydrogen-bond acceptors (Lipinski definition) is 4. The van der Waals surface area contributed by atoms with Crippen LogP contribution in [0.5, 0.6) is 0 Å².